The van der Waals surface area contributed by atoms with Gasteiger partial charge >= 0.3 is 5.97 Å². The number of esters is 1. The van der Waals surface area contributed by atoms with Gasteiger partial charge in [-0.05, 0) is 43.4 Å². The maximum atomic E-state index is 11.8. The molecule has 1 aliphatic heterocycles. The summed E-state index contributed by atoms with van der Waals surface area (Å²) in [6, 6.07) is 6.62. The van der Waals surface area contributed by atoms with E-state index in [4.69, 9.17) is 9.47 Å². The first-order valence-corrected chi connectivity index (χ1v) is 7.29. The Balaban J connectivity index is 1.83. The van der Waals surface area contributed by atoms with Crippen LogP contribution in [0.1, 0.15) is 36.0 Å². The Hall–Kier alpha value is -1.88. The minimum absolute atomic E-state index is 0.202. The predicted octanol–water partition coefficient (Wildman–Crippen LogP) is 2.16. The van der Waals surface area contributed by atoms with Crippen LogP contribution in [0.4, 0.5) is 0 Å². The third kappa shape index (κ3) is 4.86. The van der Waals surface area contributed by atoms with E-state index in [0.717, 1.165) is 32.5 Å². The second-order valence-corrected chi connectivity index (χ2v) is 5.20. The van der Waals surface area contributed by atoms with Crippen LogP contribution in [0, 0.1) is 5.92 Å². The molecule has 0 radical (unpaired) electrons. The normalized spacial score (nSPS) is 18.0. The molecule has 5 nitrogen and oxygen atoms in total. The molecule has 21 heavy (non-hydrogen) atoms. The fraction of sp³-hybridized carbons (Fsp3) is 0.500. The highest BCUT2D eigenvalue weighted by molar-refractivity contribution is 5.94. The van der Waals surface area contributed by atoms with Crippen molar-refractivity contribution in [3.8, 4) is 5.75 Å². The Morgan fingerprint density at radius 2 is 2.29 bits per heavy atom. The van der Waals surface area contributed by atoms with Crippen LogP contribution in [0.2, 0.25) is 0 Å². The van der Waals surface area contributed by atoms with Gasteiger partial charge in [0, 0.05) is 32.2 Å². The molecule has 0 spiro atoms. The molecule has 0 saturated carbocycles. The molecule has 1 aromatic rings. The smallest absolute Gasteiger partial charge is 0.311 e. The molecule has 0 unspecified atom stereocenters. The Labute approximate surface area is 124 Å². The van der Waals surface area contributed by atoms with E-state index in [9.17, 15) is 9.59 Å². The summed E-state index contributed by atoms with van der Waals surface area (Å²) < 4.78 is 10.7. The van der Waals surface area contributed by atoms with Gasteiger partial charge in [0.05, 0.1) is 0 Å². The minimum atomic E-state index is -0.269. The number of benzene rings is 1. The van der Waals surface area contributed by atoms with Crippen molar-refractivity contribution in [2.24, 2.45) is 5.92 Å². The quantitative estimate of drug-likeness (QED) is 0.667. The van der Waals surface area contributed by atoms with Gasteiger partial charge < -0.3 is 14.8 Å². The zero-order valence-corrected chi connectivity index (χ0v) is 12.3. The summed E-state index contributed by atoms with van der Waals surface area (Å²) in [5.41, 5.74) is 0.475. The first kappa shape index (κ1) is 15.5. The van der Waals surface area contributed by atoms with E-state index >= 15 is 0 Å². The maximum Gasteiger partial charge on any atom is 0.311 e. The van der Waals surface area contributed by atoms with Gasteiger partial charge in [-0.2, -0.15) is 0 Å². The average molecular weight is 291 g/mol. The lowest BCUT2D eigenvalue weighted by atomic mass is 9.97. The highest BCUT2D eigenvalue weighted by atomic mass is 16.5. The summed E-state index contributed by atoms with van der Waals surface area (Å²) in [4.78, 5) is 23.4. The Bertz CT molecular complexity index is 495. The van der Waals surface area contributed by atoms with Gasteiger partial charge in [-0.25, -0.2) is 0 Å². The van der Waals surface area contributed by atoms with Gasteiger partial charge in [0.15, 0.2) is 0 Å². The lowest BCUT2D eigenvalue weighted by molar-refractivity contribution is -0.134. The van der Waals surface area contributed by atoms with Crippen molar-refractivity contribution in [3.05, 3.63) is 29.8 Å². The van der Waals surface area contributed by atoms with E-state index < -0.39 is 0 Å². The number of ether oxygens (including phenoxy) is 2. The molecule has 1 heterocycles. The second-order valence-electron chi connectivity index (χ2n) is 5.20. The van der Waals surface area contributed by atoms with E-state index in [1.807, 2.05) is 0 Å². The fourth-order valence-electron chi connectivity index (χ4n) is 2.38. The SMILES string of the molecule is CNC(=O)c1cccc(OC(=O)CC[C@H]2CCCOC2)c1. The molecule has 1 saturated heterocycles. The topological polar surface area (TPSA) is 64.6 Å². The molecule has 1 atom stereocenters. The number of hydrogen-bond donors (Lipinski definition) is 1. The van der Waals surface area contributed by atoms with Crippen LogP contribution in [0.15, 0.2) is 24.3 Å². The van der Waals surface area contributed by atoms with Crippen molar-refractivity contribution < 1.29 is 19.1 Å². The zero-order chi connectivity index (χ0) is 15.1. The number of hydrogen-bond acceptors (Lipinski definition) is 4. The summed E-state index contributed by atoms with van der Waals surface area (Å²) in [6.45, 7) is 1.56. The van der Waals surface area contributed by atoms with Crippen molar-refractivity contribution in [1.29, 1.82) is 0 Å². The summed E-state index contributed by atoms with van der Waals surface area (Å²) in [5, 5.41) is 2.54. The monoisotopic (exact) mass is 291 g/mol. The molecule has 114 valence electrons. The number of rotatable bonds is 5. The summed E-state index contributed by atoms with van der Waals surface area (Å²) in [6.07, 6.45) is 3.33. The lowest BCUT2D eigenvalue weighted by Crippen LogP contribution is -2.19. The molecule has 0 aliphatic carbocycles. The van der Waals surface area contributed by atoms with Crippen molar-refractivity contribution in [2.45, 2.75) is 25.7 Å². The van der Waals surface area contributed by atoms with E-state index in [0.29, 0.717) is 23.7 Å². The number of amides is 1. The van der Waals surface area contributed by atoms with E-state index in [-0.39, 0.29) is 11.9 Å². The van der Waals surface area contributed by atoms with Gasteiger partial charge in [-0.15, -0.1) is 0 Å². The Morgan fingerprint density at radius 3 is 3.00 bits per heavy atom. The molecule has 1 amide bonds. The van der Waals surface area contributed by atoms with Crippen molar-refractivity contribution in [2.75, 3.05) is 20.3 Å². The molecule has 5 heteroatoms. The largest absolute Gasteiger partial charge is 0.427 e. The highest BCUT2D eigenvalue weighted by Gasteiger charge is 2.16. The highest BCUT2D eigenvalue weighted by Crippen LogP contribution is 2.20. The lowest BCUT2D eigenvalue weighted by Gasteiger charge is -2.21. The maximum absolute atomic E-state index is 11.8. The fourth-order valence-corrected chi connectivity index (χ4v) is 2.38. The number of nitrogens with one attached hydrogen (secondary N) is 1. The van der Waals surface area contributed by atoms with Crippen molar-refractivity contribution >= 4 is 11.9 Å². The molecular weight excluding hydrogens is 270 g/mol. The average Bonchev–Trinajstić information content (AvgIpc) is 2.53. The summed E-state index contributed by atoms with van der Waals surface area (Å²) in [7, 11) is 1.56. The van der Waals surface area contributed by atoms with Crippen LogP contribution in [0.25, 0.3) is 0 Å². The second kappa shape index (κ2) is 7.78. The van der Waals surface area contributed by atoms with Crippen molar-refractivity contribution in [1.82, 2.24) is 5.32 Å². The zero-order valence-electron chi connectivity index (χ0n) is 12.3. The number of carbonyl (C=O) groups excluding carboxylic acids is 2. The molecule has 1 fully saturated rings. The third-order valence-electron chi connectivity index (χ3n) is 3.57. The summed E-state index contributed by atoms with van der Waals surface area (Å²) >= 11 is 0. The standard InChI is InChI=1S/C16H21NO4/c1-17-16(19)13-5-2-6-14(10-13)21-15(18)8-7-12-4-3-9-20-11-12/h2,5-6,10,12H,3-4,7-9,11H2,1H3,(H,17,19)/t12-/m1/s1. The number of carbonyl (C=O) groups is 2. The van der Waals surface area contributed by atoms with Crippen LogP contribution >= 0.6 is 0 Å². The molecule has 1 aliphatic rings. The Morgan fingerprint density at radius 1 is 1.43 bits per heavy atom. The molecule has 1 N–H and O–H groups in total. The van der Waals surface area contributed by atoms with E-state index in [1.54, 1.807) is 31.3 Å². The Kier molecular flexibility index (Phi) is 5.75. The molecule has 1 aromatic carbocycles. The van der Waals surface area contributed by atoms with E-state index in [1.165, 1.54) is 0 Å². The first-order valence-electron chi connectivity index (χ1n) is 7.29. The van der Waals surface area contributed by atoms with Gasteiger partial charge in [-0.3, -0.25) is 9.59 Å². The molecule has 2 rings (SSSR count). The van der Waals surface area contributed by atoms with Crippen LogP contribution in [-0.4, -0.2) is 32.1 Å². The van der Waals surface area contributed by atoms with Gasteiger partial charge in [0.1, 0.15) is 5.75 Å². The van der Waals surface area contributed by atoms with Gasteiger partial charge in [0.2, 0.25) is 0 Å². The van der Waals surface area contributed by atoms with Gasteiger partial charge in [-0.1, -0.05) is 6.07 Å². The molecule has 0 bridgehead atoms. The minimum Gasteiger partial charge on any atom is -0.427 e. The first-order chi connectivity index (χ1) is 10.2. The van der Waals surface area contributed by atoms with Crippen LogP contribution < -0.4 is 10.1 Å². The molecular formula is C16H21NO4. The van der Waals surface area contributed by atoms with Crippen molar-refractivity contribution in [3.63, 3.8) is 0 Å². The van der Waals surface area contributed by atoms with Gasteiger partial charge in [0.25, 0.3) is 5.91 Å². The third-order valence-corrected chi connectivity index (χ3v) is 3.57. The van der Waals surface area contributed by atoms with Crippen LogP contribution in [0.5, 0.6) is 5.75 Å². The van der Waals surface area contributed by atoms with E-state index in [2.05, 4.69) is 5.32 Å². The molecule has 0 aromatic heterocycles. The summed E-state index contributed by atoms with van der Waals surface area (Å²) in [5.74, 6) is 0.381. The van der Waals surface area contributed by atoms with Crippen LogP contribution in [0.3, 0.4) is 0 Å². The van der Waals surface area contributed by atoms with Crippen LogP contribution in [-0.2, 0) is 9.53 Å². The predicted molar refractivity (Wildman–Crippen MR) is 78.2 cm³/mol.